The van der Waals surface area contributed by atoms with Crippen LogP contribution in [-0.4, -0.2) is 0 Å². The highest BCUT2D eigenvalue weighted by Gasteiger charge is 2.38. The molecule has 22 heavy (non-hydrogen) atoms. The first kappa shape index (κ1) is 12.2. The highest BCUT2D eigenvalue weighted by molar-refractivity contribution is 5.85. The van der Waals surface area contributed by atoms with Gasteiger partial charge in [0.2, 0.25) is 5.69 Å². The fourth-order valence-corrected chi connectivity index (χ4v) is 4.20. The van der Waals surface area contributed by atoms with Crippen molar-refractivity contribution < 1.29 is 4.57 Å². The molecule has 2 heterocycles. The Morgan fingerprint density at radius 1 is 0.818 bits per heavy atom. The summed E-state index contributed by atoms with van der Waals surface area (Å²) >= 11 is 0. The van der Waals surface area contributed by atoms with Gasteiger partial charge in [-0.3, -0.25) is 0 Å². The molecule has 0 amide bonds. The number of fused-ring (bicyclic) bond motifs is 6. The van der Waals surface area contributed by atoms with Crippen molar-refractivity contribution in [1.29, 1.82) is 0 Å². The Hall–Kier alpha value is -2.41. The number of rotatable bonds is 0. The van der Waals surface area contributed by atoms with Gasteiger partial charge in [0.05, 0.1) is 5.56 Å². The quantitative estimate of drug-likeness (QED) is 0.424. The lowest BCUT2D eigenvalue weighted by atomic mass is 9.81. The molecule has 0 bridgehead atoms. The van der Waals surface area contributed by atoms with Crippen LogP contribution in [0.5, 0.6) is 0 Å². The van der Waals surface area contributed by atoms with E-state index in [9.17, 15) is 0 Å². The van der Waals surface area contributed by atoms with Gasteiger partial charge >= 0.3 is 0 Å². The lowest BCUT2D eigenvalue weighted by molar-refractivity contribution is -0.672. The molecule has 0 fully saturated rings. The molecule has 0 saturated heterocycles. The lowest BCUT2D eigenvalue weighted by Crippen LogP contribution is -2.31. The summed E-state index contributed by atoms with van der Waals surface area (Å²) in [6, 6.07) is 20.2. The first-order chi connectivity index (χ1) is 10.7. The number of pyridine rings is 1. The molecule has 3 aromatic rings. The third-order valence-corrected chi connectivity index (χ3v) is 5.36. The molecule has 0 unspecified atom stereocenters. The van der Waals surface area contributed by atoms with Crippen LogP contribution in [0.15, 0.2) is 60.8 Å². The number of benzene rings is 2. The minimum atomic E-state index is 0.0976. The van der Waals surface area contributed by atoms with Gasteiger partial charge in [0.1, 0.15) is 0 Å². The van der Waals surface area contributed by atoms with Crippen LogP contribution in [0.4, 0.5) is 0 Å². The largest absolute Gasteiger partial charge is 0.213 e. The Kier molecular flexibility index (Phi) is 2.14. The maximum absolute atomic E-state index is 2.44. The average Bonchev–Trinajstić information content (AvgIpc) is 3.00. The zero-order valence-electron chi connectivity index (χ0n) is 12.9. The Balaban J connectivity index is 1.84. The van der Waals surface area contributed by atoms with Crippen molar-refractivity contribution in [2.45, 2.75) is 25.8 Å². The standard InChI is InChI=1S/C21H18N/c1-21(2)18-8-4-3-7-15(18)17-12-16-14(11-19(17)21)13-22-10-6-5-9-20(16)22/h3-12H,13H2,1-2H3/q+1. The Labute approximate surface area is 130 Å². The van der Waals surface area contributed by atoms with Gasteiger partial charge in [-0.05, 0) is 40.5 Å². The van der Waals surface area contributed by atoms with Crippen molar-refractivity contribution in [2.24, 2.45) is 0 Å². The minimum absolute atomic E-state index is 0.0976. The van der Waals surface area contributed by atoms with Crippen LogP contribution >= 0.6 is 0 Å². The second-order valence-corrected chi connectivity index (χ2v) is 6.94. The van der Waals surface area contributed by atoms with E-state index in [0.717, 1.165) is 6.54 Å². The monoisotopic (exact) mass is 284 g/mol. The highest BCUT2D eigenvalue weighted by atomic mass is 15.0. The van der Waals surface area contributed by atoms with Crippen molar-refractivity contribution in [3.05, 3.63) is 77.5 Å². The topological polar surface area (TPSA) is 3.88 Å². The first-order valence-electron chi connectivity index (χ1n) is 7.92. The average molecular weight is 284 g/mol. The van der Waals surface area contributed by atoms with E-state index in [1.807, 2.05) is 0 Å². The van der Waals surface area contributed by atoms with E-state index in [1.165, 1.54) is 39.1 Å². The molecule has 0 radical (unpaired) electrons. The molecule has 1 nitrogen and oxygen atoms in total. The molecule has 2 aromatic carbocycles. The third kappa shape index (κ3) is 1.36. The van der Waals surface area contributed by atoms with E-state index >= 15 is 0 Å². The Morgan fingerprint density at radius 3 is 2.55 bits per heavy atom. The maximum Gasteiger partial charge on any atom is 0.213 e. The summed E-state index contributed by atoms with van der Waals surface area (Å²) < 4.78 is 2.35. The molecular formula is C21H18N+. The van der Waals surface area contributed by atoms with E-state index in [-0.39, 0.29) is 5.41 Å². The second kappa shape index (κ2) is 3.86. The molecule has 106 valence electrons. The van der Waals surface area contributed by atoms with Gasteiger partial charge in [-0.25, -0.2) is 0 Å². The van der Waals surface area contributed by atoms with Gasteiger partial charge in [0.25, 0.3) is 0 Å². The SMILES string of the molecule is CC1(C)c2ccccc2-c2cc3c(cc21)C[n+]1ccccc1-3. The van der Waals surface area contributed by atoms with Crippen LogP contribution in [0.25, 0.3) is 22.4 Å². The lowest BCUT2D eigenvalue weighted by Gasteiger charge is -2.21. The molecule has 1 aromatic heterocycles. The molecule has 5 rings (SSSR count). The van der Waals surface area contributed by atoms with Crippen LogP contribution in [0.1, 0.15) is 30.5 Å². The van der Waals surface area contributed by atoms with Crippen molar-refractivity contribution in [1.82, 2.24) is 0 Å². The number of hydrogen-bond donors (Lipinski definition) is 0. The van der Waals surface area contributed by atoms with E-state index < -0.39 is 0 Å². The van der Waals surface area contributed by atoms with Gasteiger partial charge in [0, 0.05) is 23.1 Å². The zero-order chi connectivity index (χ0) is 14.9. The maximum atomic E-state index is 2.44. The summed E-state index contributed by atoms with van der Waals surface area (Å²) in [6.45, 7) is 5.68. The molecule has 2 aliphatic rings. The molecule has 1 heteroatoms. The number of nitrogens with zero attached hydrogens (tertiary/aromatic N) is 1. The second-order valence-electron chi connectivity index (χ2n) is 6.94. The zero-order valence-corrected chi connectivity index (χ0v) is 12.9. The molecule has 0 spiro atoms. The van der Waals surface area contributed by atoms with E-state index in [1.54, 1.807) is 0 Å². The van der Waals surface area contributed by atoms with Gasteiger partial charge in [-0.15, -0.1) is 0 Å². The molecule has 1 aliphatic heterocycles. The summed E-state index contributed by atoms with van der Waals surface area (Å²) in [5.41, 5.74) is 10.0. The summed E-state index contributed by atoms with van der Waals surface area (Å²) in [7, 11) is 0. The van der Waals surface area contributed by atoms with E-state index in [0.29, 0.717) is 0 Å². The summed E-state index contributed by atoms with van der Waals surface area (Å²) in [4.78, 5) is 0. The highest BCUT2D eigenvalue weighted by Crippen LogP contribution is 2.50. The fraction of sp³-hybridized carbons (Fsp3) is 0.190. The van der Waals surface area contributed by atoms with Crippen LogP contribution in [0.3, 0.4) is 0 Å². The van der Waals surface area contributed by atoms with Crippen LogP contribution < -0.4 is 4.57 Å². The fourth-order valence-electron chi connectivity index (χ4n) is 4.20. The van der Waals surface area contributed by atoms with Crippen LogP contribution in [-0.2, 0) is 12.0 Å². The molecular weight excluding hydrogens is 266 g/mol. The Morgan fingerprint density at radius 2 is 1.64 bits per heavy atom. The molecule has 1 aliphatic carbocycles. The normalized spacial score (nSPS) is 15.9. The number of aromatic nitrogens is 1. The molecule has 0 saturated carbocycles. The molecule has 0 atom stereocenters. The van der Waals surface area contributed by atoms with E-state index in [2.05, 4.69) is 79.2 Å². The van der Waals surface area contributed by atoms with Crippen molar-refractivity contribution >= 4 is 0 Å². The van der Waals surface area contributed by atoms with Crippen molar-refractivity contribution in [2.75, 3.05) is 0 Å². The predicted octanol–water partition coefficient (Wildman–Crippen LogP) is 4.31. The van der Waals surface area contributed by atoms with Gasteiger partial charge in [-0.1, -0.05) is 38.1 Å². The van der Waals surface area contributed by atoms with Gasteiger partial charge in [0.15, 0.2) is 12.7 Å². The van der Waals surface area contributed by atoms with E-state index in [4.69, 9.17) is 0 Å². The smallest absolute Gasteiger partial charge is 0.194 e. The van der Waals surface area contributed by atoms with Gasteiger partial charge in [-0.2, -0.15) is 4.57 Å². The van der Waals surface area contributed by atoms with Crippen molar-refractivity contribution in [3.8, 4) is 22.4 Å². The van der Waals surface area contributed by atoms with Crippen LogP contribution in [0.2, 0.25) is 0 Å². The predicted molar refractivity (Wildman–Crippen MR) is 88.7 cm³/mol. The van der Waals surface area contributed by atoms with Crippen molar-refractivity contribution in [3.63, 3.8) is 0 Å². The summed E-state index contributed by atoms with van der Waals surface area (Å²) in [5.74, 6) is 0. The Bertz CT molecular complexity index is 934. The molecule has 0 N–H and O–H groups in total. The van der Waals surface area contributed by atoms with Gasteiger partial charge < -0.3 is 0 Å². The summed E-state index contributed by atoms with van der Waals surface area (Å²) in [6.07, 6.45) is 2.18. The third-order valence-electron chi connectivity index (χ3n) is 5.36. The summed E-state index contributed by atoms with van der Waals surface area (Å²) in [5, 5.41) is 0. The van der Waals surface area contributed by atoms with Crippen LogP contribution in [0, 0.1) is 0 Å². The minimum Gasteiger partial charge on any atom is -0.194 e. The number of hydrogen-bond acceptors (Lipinski definition) is 0. The first-order valence-corrected chi connectivity index (χ1v) is 7.92.